The Bertz CT molecular complexity index is 1240. The number of carboxylic acids is 1. The van der Waals surface area contributed by atoms with Gasteiger partial charge in [-0.3, -0.25) is 4.79 Å². The molecule has 0 aromatic carbocycles. The van der Waals surface area contributed by atoms with Crippen LogP contribution in [0.15, 0.2) is 24.4 Å². The summed E-state index contributed by atoms with van der Waals surface area (Å²) in [5, 5.41) is 25.2. The van der Waals surface area contributed by atoms with Crippen LogP contribution in [0.3, 0.4) is 0 Å². The van der Waals surface area contributed by atoms with Gasteiger partial charge in [0.25, 0.3) is 5.91 Å². The van der Waals surface area contributed by atoms with Gasteiger partial charge in [-0.15, -0.1) is 10.2 Å². The number of nitrogens with zero attached hydrogens (tertiary/aromatic N) is 6. The van der Waals surface area contributed by atoms with Crippen LogP contribution >= 0.6 is 0 Å². The number of carbonyl (C=O) groups is 2. The van der Waals surface area contributed by atoms with Crippen molar-refractivity contribution in [3.8, 4) is 0 Å². The predicted molar refractivity (Wildman–Crippen MR) is 123 cm³/mol. The Morgan fingerprint density at radius 1 is 1.06 bits per heavy atom. The second kappa shape index (κ2) is 8.32. The fourth-order valence-corrected chi connectivity index (χ4v) is 5.52. The molecule has 3 fully saturated rings. The zero-order valence-corrected chi connectivity index (χ0v) is 18.6. The molecule has 2 atom stereocenters. The minimum atomic E-state index is -0.969. The number of aromatic carboxylic acids is 1. The monoisotopic (exact) mass is 462 g/mol. The molecule has 3 aromatic heterocycles. The largest absolute Gasteiger partial charge is 0.477 e. The van der Waals surface area contributed by atoms with Gasteiger partial charge in [-0.05, 0) is 43.9 Å². The van der Waals surface area contributed by atoms with Gasteiger partial charge in [0.15, 0.2) is 11.5 Å². The molecule has 3 N–H and O–H groups in total. The Morgan fingerprint density at radius 3 is 2.50 bits per heavy atom. The first-order chi connectivity index (χ1) is 16.5. The summed E-state index contributed by atoms with van der Waals surface area (Å²) in [4.78, 5) is 35.5. The number of rotatable bonds is 5. The summed E-state index contributed by atoms with van der Waals surface area (Å²) in [6, 6.07) is 5.83. The molecule has 6 rings (SSSR count). The first-order valence-corrected chi connectivity index (χ1v) is 11.8. The van der Waals surface area contributed by atoms with E-state index in [0.717, 1.165) is 38.5 Å². The summed E-state index contributed by atoms with van der Waals surface area (Å²) in [6.07, 6.45) is 7.85. The van der Waals surface area contributed by atoms with E-state index in [4.69, 9.17) is 0 Å². The number of carboxylic acid groups (broad SMARTS) is 1. The third-order valence-electron chi connectivity index (χ3n) is 7.11. The summed E-state index contributed by atoms with van der Waals surface area (Å²) >= 11 is 0. The van der Waals surface area contributed by atoms with Gasteiger partial charge in [0.05, 0.1) is 0 Å². The minimum Gasteiger partial charge on any atom is -0.477 e. The van der Waals surface area contributed by atoms with Crippen LogP contribution in [0, 0.1) is 0 Å². The van der Waals surface area contributed by atoms with E-state index in [0.29, 0.717) is 53.7 Å². The Kier molecular flexibility index (Phi) is 5.13. The van der Waals surface area contributed by atoms with Gasteiger partial charge < -0.3 is 25.2 Å². The third-order valence-corrected chi connectivity index (χ3v) is 7.11. The SMILES string of the molecule is O=C(O)c1cc2cnc(Nc3ccc(C(=O)N4CC5CCC(C4)N5)nn3)nc2n1C1CCCC1. The summed E-state index contributed by atoms with van der Waals surface area (Å²) in [5.41, 5.74) is 1.14. The van der Waals surface area contributed by atoms with Gasteiger partial charge in [0.1, 0.15) is 11.3 Å². The molecule has 2 saturated heterocycles. The van der Waals surface area contributed by atoms with Gasteiger partial charge in [-0.1, -0.05) is 12.8 Å². The molecule has 0 radical (unpaired) electrons. The van der Waals surface area contributed by atoms with Gasteiger partial charge in [0, 0.05) is 42.8 Å². The lowest BCUT2D eigenvalue weighted by Crippen LogP contribution is -2.53. The van der Waals surface area contributed by atoms with E-state index >= 15 is 0 Å². The third kappa shape index (κ3) is 3.75. The first kappa shape index (κ1) is 21.0. The van der Waals surface area contributed by atoms with Crippen molar-refractivity contribution in [2.75, 3.05) is 18.4 Å². The number of anilines is 2. The highest BCUT2D eigenvalue weighted by atomic mass is 16.4. The van der Waals surface area contributed by atoms with Crippen LogP contribution in [0.4, 0.5) is 11.8 Å². The quantitative estimate of drug-likeness (QED) is 0.521. The topological polar surface area (TPSA) is 138 Å². The molecule has 1 saturated carbocycles. The Hall–Kier alpha value is -3.60. The molecule has 1 amide bonds. The second-order valence-electron chi connectivity index (χ2n) is 9.39. The maximum absolute atomic E-state index is 12.9. The molecular weight excluding hydrogens is 436 g/mol. The maximum Gasteiger partial charge on any atom is 0.352 e. The number of hydrogen-bond donors (Lipinski definition) is 3. The molecular formula is C23H26N8O3. The molecule has 2 bridgehead atoms. The molecule has 2 aliphatic heterocycles. The van der Waals surface area contributed by atoms with Crippen molar-refractivity contribution in [3.05, 3.63) is 35.8 Å². The normalized spacial score (nSPS) is 22.4. The van der Waals surface area contributed by atoms with Crippen LogP contribution < -0.4 is 10.6 Å². The first-order valence-electron chi connectivity index (χ1n) is 11.8. The van der Waals surface area contributed by atoms with Crippen molar-refractivity contribution < 1.29 is 14.7 Å². The van der Waals surface area contributed by atoms with E-state index in [1.807, 2.05) is 9.47 Å². The summed E-state index contributed by atoms with van der Waals surface area (Å²) in [5.74, 6) is -0.365. The average molecular weight is 463 g/mol. The van der Waals surface area contributed by atoms with E-state index in [1.54, 1.807) is 24.4 Å². The summed E-state index contributed by atoms with van der Waals surface area (Å²) < 4.78 is 1.82. The molecule has 3 aliphatic rings. The number of carbonyl (C=O) groups excluding carboxylic acids is 1. The Balaban J connectivity index is 1.22. The second-order valence-corrected chi connectivity index (χ2v) is 9.39. The van der Waals surface area contributed by atoms with E-state index in [-0.39, 0.29) is 17.6 Å². The van der Waals surface area contributed by atoms with Crippen molar-refractivity contribution in [1.29, 1.82) is 0 Å². The molecule has 2 unspecified atom stereocenters. The molecule has 11 nitrogen and oxygen atoms in total. The molecule has 176 valence electrons. The van der Waals surface area contributed by atoms with Crippen molar-refractivity contribution in [1.82, 2.24) is 34.9 Å². The number of aromatic nitrogens is 5. The van der Waals surface area contributed by atoms with Gasteiger partial charge in [-0.2, -0.15) is 4.98 Å². The highest BCUT2D eigenvalue weighted by molar-refractivity contribution is 5.94. The van der Waals surface area contributed by atoms with Crippen molar-refractivity contribution in [2.24, 2.45) is 0 Å². The van der Waals surface area contributed by atoms with Crippen molar-refractivity contribution in [2.45, 2.75) is 56.7 Å². The molecule has 5 heterocycles. The van der Waals surface area contributed by atoms with E-state index in [1.165, 1.54) is 0 Å². The van der Waals surface area contributed by atoms with E-state index < -0.39 is 5.97 Å². The van der Waals surface area contributed by atoms with E-state index in [9.17, 15) is 14.7 Å². The minimum absolute atomic E-state index is 0.106. The Morgan fingerprint density at radius 2 is 1.82 bits per heavy atom. The number of likely N-dealkylation sites (tertiary alicyclic amines) is 1. The van der Waals surface area contributed by atoms with Crippen LogP contribution in [0.2, 0.25) is 0 Å². The zero-order chi connectivity index (χ0) is 23.2. The molecule has 34 heavy (non-hydrogen) atoms. The number of hydrogen-bond acceptors (Lipinski definition) is 8. The smallest absolute Gasteiger partial charge is 0.352 e. The predicted octanol–water partition coefficient (Wildman–Crippen LogP) is 2.35. The fourth-order valence-electron chi connectivity index (χ4n) is 5.52. The van der Waals surface area contributed by atoms with Crippen LogP contribution in [-0.4, -0.2) is 71.8 Å². The van der Waals surface area contributed by atoms with Gasteiger partial charge >= 0.3 is 5.97 Å². The lowest BCUT2D eigenvalue weighted by molar-refractivity contribution is 0.0678. The van der Waals surface area contributed by atoms with Crippen LogP contribution in [0.5, 0.6) is 0 Å². The van der Waals surface area contributed by atoms with Crippen LogP contribution in [0.1, 0.15) is 65.5 Å². The number of piperazine rings is 1. The van der Waals surface area contributed by atoms with Crippen LogP contribution in [0.25, 0.3) is 11.0 Å². The van der Waals surface area contributed by atoms with Crippen LogP contribution in [-0.2, 0) is 0 Å². The molecule has 1 aliphatic carbocycles. The maximum atomic E-state index is 12.9. The number of amides is 1. The van der Waals surface area contributed by atoms with Gasteiger partial charge in [-0.25, -0.2) is 9.78 Å². The van der Waals surface area contributed by atoms with Crippen molar-refractivity contribution >= 4 is 34.7 Å². The number of nitrogens with one attached hydrogen (secondary N) is 2. The Labute approximate surface area is 195 Å². The summed E-state index contributed by atoms with van der Waals surface area (Å²) in [6.45, 7) is 1.40. The highest BCUT2D eigenvalue weighted by Gasteiger charge is 2.35. The standard InChI is InChI=1S/C23H26N8O3/c32-21(30-11-14-5-6-15(12-30)25-14)17-7-8-19(29-28-17)26-23-24-10-13-9-18(22(33)34)31(20(13)27-23)16-3-1-2-4-16/h7-10,14-16,25H,1-6,11-12H2,(H,33,34)(H,24,26,27,29). The molecule has 11 heteroatoms. The average Bonchev–Trinajstić information content (AvgIpc) is 3.57. The molecule has 3 aromatic rings. The zero-order valence-electron chi connectivity index (χ0n) is 18.6. The van der Waals surface area contributed by atoms with Crippen molar-refractivity contribution in [3.63, 3.8) is 0 Å². The number of fused-ring (bicyclic) bond motifs is 3. The summed E-state index contributed by atoms with van der Waals surface area (Å²) in [7, 11) is 0. The van der Waals surface area contributed by atoms with Gasteiger partial charge in [0.2, 0.25) is 5.95 Å². The molecule has 0 spiro atoms. The lowest BCUT2D eigenvalue weighted by atomic mass is 10.2. The lowest BCUT2D eigenvalue weighted by Gasteiger charge is -2.32. The van der Waals surface area contributed by atoms with E-state index in [2.05, 4.69) is 30.8 Å². The highest BCUT2D eigenvalue weighted by Crippen LogP contribution is 2.34. The fraction of sp³-hybridized carbons (Fsp3) is 0.478.